The first kappa shape index (κ1) is 16.8. The summed E-state index contributed by atoms with van der Waals surface area (Å²) in [7, 11) is 0. The molecule has 25 heavy (non-hydrogen) atoms. The van der Waals surface area contributed by atoms with Gasteiger partial charge in [-0.15, -0.1) is 0 Å². The van der Waals surface area contributed by atoms with Crippen LogP contribution in [0.4, 0.5) is 5.69 Å². The van der Waals surface area contributed by atoms with Gasteiger partial charge in [0.15, 0.2) is 18.1 Å². The van der Waals surface area contributed by atoms with Crippen molar-refractivity contribution in [1.82, 2.24) is 4.98 Å². The lowest BCUT2D eigenvalue weighted by molar-refractivity contribution is -0.118. The number of aromatic nitrogens is 1. The van der Waals surface area contributed by atoms with E-state index in [0.717, 1.165) is 12.2 Å². The van der Waals surface area contributed by atoms with Gasteiger partial charge in [0.05, 0.1) is 6.61 Å². The average Bonchev–Trinajstić information content (AvgIpc) is 2.98. The molecule has 130 valence electrons. The fraction of sp³-hybridized carbons (Fsp3) is 0.263. The van der Waals surface area contributed by atoms with Crippen molar-refractivity contribution in [2.24, 2.45) is 0 Å². The Hall–Kier alpha value is -3.02. The number of amides is 1. The van der Waals surface area contributed by atoms with Gasteiger partial charge in [-0.1, -0.05) is 6.92 Å². The van der Waals surface area contributed by atoms with E-state index in [9.17, 15) is 4.79 Å². The lowest BCUT2D eigenvalue weighted by Gasteiger charge is -2.09. The Labute approximate surface area is 145 Å². The molecule has 1 aromatic heterocycles. The molecule has 6 heteroatoms. The number of carbonyl (C=O) groups is 1. The molecule has 0 unspecified atom stereocenters. The van der Waals surface area contributed by atoms with Crippen LogP contribution in [0.3, 0.4) is 0 Å². The predicted octanol–water partition coefficient (Wildman–Crippen LogP) is 3.94. The molecule has 0 fully saturated rings. The number of nitrogens with one attached hydrogen (secondary N) is 1. The molecule has 1 amide bonds. The minimum Gasteiger partial charge on any atom is -0.494 e. The number of hydrogen-bond acceptors (Lipinski definition) is 5. The number of hydrogen-bond donors (Lipinski definition) is 1. The first-order valence-electron chi connectivity index (χ1n) is 8.17. The number of anilines is 1. The molecule has 0 bridgehead atoms. The lowest BCUT2D eigenvalue weighted by atomic mass is 10.3. The number of oxazole rings is 1. The van der Waals surface area contributed by atoms with Gasteiger partial charge in [-0.25, -0.2) is 4.98 Å². The van der Waals surface area contributed by atoms with Crippen molar-refractivity contribution < 1.29 is 18.7 Å². The van der Waals surface area contributed by atoms with E-state index in [1.807, 2.05) is 12.1 Å². The van der Waals surface area contributed by atoms with E-state index >= 15 is 0 Å². The third kappa shape index (κ3) is 4.50. The summed E-state index contributed by atoms with van der Waals surface area (Å²) in [5.41, 5.74) is 2.05. The van der Waals surface area contributed by atoms with Crippen LogP contribution in [0.1, 0.15) is 19.2 Å². The molecule has 0 radical (unpaired) electrons. The Kier molecular flexibility index (Phi) is 5.18. The van der Waals surface area contributed by atoms with Gasteiger partial charge in [0, 0.05) is 12.6 Å². The first-order valence-corrected chi connectivity index (χ1v) is 8.17. The monoisotopic (exact) mass is 340 g/mol. The van der Waals surface area contributed by atoms with Gasteiger partial charge in [0.1, 0.15) is 17.0 Å². The van der Waals surface area contributed by atoms with Crippen LogP contribution in [-0.2, 0) is 4.79 Å². The van der Waals surface area contributed by atoms with Crippen LogP contribution in [-0.4, -0.2) is 24.1 Å². The molecule has 6 nitrogen and oxygen atoms in total. The fourth-order valence-electron chi connectivity index (χ4n) is 2.32. The number of carbonyl (C=O) groups excluding carboxylic acids is 1. The zero-order chi connectivity index (χ0) is 17.6. The molecule has 2 aromatic carbocycles. The van der Waals surface area contributed by atoms with E-state index in [-0.39, 0.29) is 12.5 Å². The minimum absolute atomic E-state index is 0.0783. The molecule has 0 atom stereocenters. The molecule has 0 aliphatic heterocycles. The maximum Gasteiger partial charge on any atom is 0.262 e. The predicted molar refractivity (Wildman–Crippen MR) is 95.1 cm³/mol. The van der Waals surface area contributed by atoms with Gasteiger partial charge < -0.3 is 19.2 Å². The van der Waals surface area contributed by atoms with Crippen LogP contribution in [0.5, 0.6) is 11.5 Å². The maximum atomic E-state index is 12.0. The van der Waals surface area contributed by atoms with Crippen molar-refractivity contribution in [3.05, 3.63) is 48.4 Å². The van der Waals surface area contributed by atoms with Gasteiger partial charge in [0.2, 0.25) is 0 Å². The fourth-order valence-corrected chi connectivity index (χ4v) is 2.32. The molecule has 0 saturated heterocycles. The lowest BCUT2D eigenvalue weighted by Crippen LogP contribution is -2.20. The number of ether oxygens (including phenoxy) is 2. The van der Waals surface area contributed by atoms with Gasteiger partial charge in [0.25, 0.3) is 5.91 Å². The van der Waals surface area contributed by atoms with Crippen LogP contribution < -0.4 is 14.8 Å². The van der Waals surface area contributed by atoms with Crippen molar-refractivity contribution >= 4 is 22.7 Å². The van der Waals surface area contributed by atoms with Crippen molar-refractivity contribution in [2.45, 2.75) is 20.3 Å². The largest absolute Gasteiger partial charge is 0.494 e. The molecule has 3 aromatic rings. The highest BCUT2D eigenvalue weighted by molar-refractivity contribution is 5.93. The highest BCUT2D eigenvalue weighted by atomic mass is 16.5. The SMILES string of the molecule is CCCOc1ccc(OCC(=O)Nc2ccc3oc(C)nc3c2)cc1. The Balaban J connectivity index is 1.53. The van der Waals surface area contributed by atoms with Crippen LogP contribution in [0.15, 0.2) is 46.9 Å². The highest BCUT2D eigenvalue weighted by Crippen LogP contribution is 2.20. The van der Waals surface area contributed by atoms with Gasteiger partial charge in [-0.05, 0) is 48.9 Å². The maximum absolute atomic E-state index is 12.0. The van der Waals surface area contributed by atoms with Crippen LogP contribution in [0.25, 0.3) is 11.1 Å². The molecule has 0 aliphatic rings. The summed E-state index contributed by atoms with van der Waals surface area (Å²) < 4.78 is 16.4. The highest BCUT2D eigenvalue weighted by Gasteiger charge is 2.07. The number of fused-ring (bicyclic) bond motifs is 1. The standard InChI is InChI=1S/C19H20N2O4/c1-3-10-23-15-5-7-16(8-6-15)24-12-19(22)21-14-4-9-18-17(11-14)20-13(2)25-18/h4-9,11H,3,10,12H2,1-2H3,(H,21,22). The quantitative estimate of drug-likeness (QED) is 0.705. The molecular weight excluding hydrogens is 320 g/mol. The minimum atomic E-state index is -0.245. The third-order valence-electron chi connectivity index (χ3n) is 3.44. The first-order chi connectivity index (χ1) is 12.1. The Morgan fingerprint density at radius 1 is 1.12 bits per heavy atom. The zero-order valence-corrected chi connectivity index (χ0v) is 14.2. The normalized spacial score (nSPS) is 10.6. The molecule has 1 heterocycles. The molecule has 3 rings (SSSR count). The van der Waals surface area contributed by atoms with E-state index in [1.54, 1.807) is 37.3 Å². The number of benzene rings is 2. The summed E-state index contributed by atoms with van der Waals surface area (Å²) >= 11 is 0. The number of nitrogens with zero attached hydrogens (tertiary/aromatic N) is 1. The van der Waals surface area contributed by atoms with Crippen LogP contribution in [0.2, 0.25) is 0 Å². The van der Waals surface area contributed by atoms with E-state index in [2.05, 4.69) is 17.2 Å². The summed E-state index contributed by atoms with van der Waals surface area (Å²) in [6, 6.07) is 12.5. The summed E-state index contributed by atoms with van der Waals surface area (Å²) in [4.78, 5) is 16.3. The summed E-state index contributed by atoms with van der Waals surface area (Å²) in [6.45, 7) is 4.44. The molecule has 0 spiro atoms. The van der Waals surface area contributed by atoms with Crippen LogP contribution in [0, 0.1) is 6.92 Å². The van der Waals surface area contributed by atoms with Gasteiger partial charge in [-0.3, -0.25) is 4.79 Å². The summed E-state index contributed by atoms with van der Waals surface area (Å²) in [5.74, 6) is 1.75. The summed E-state index contributed by atoms with van der Waals surface area (Å²) in [6.07, 6.45) is 0.956. The van der Waals surface area contributed by atoms with E-state index in [4.69, 9.17) is 13.9 Å². The Morgan fingerprint density at radius 3 is 2.56 bits per heavy atom. The Morgan fingerprint density at radius 2 is 1.84 bits per heavy atom. The smallest absolute Gasteiger partial charge is 0.262 e. The number of rotatable bonds is 7. The van der Waals surface area contributed by atoms with E-state index in [1.165, 1.54) is 0 Å². The van der Waals surface area contributed by atoms with Crippen molar-refractivity contribution in [3.8, 4) is 11.5 Å². The summed E-state index contributed by atoms with van der Waals surface area (Å²) in [5, 5.41) is 2.78. The number of aryl methyl sites for hydroxylation is 1. The van der Waals surface area contributed by atoms with Crippen molar-refractivity contribution in [1.29, 1.82) is 0 Å². The second-order valence-electron chi connectivity index (χ2n) is 5.57. The van der Waals surface area contributed by atoms with Gasteiger partial charge in [-0.2, -0.15) is 0 Å². The average molecular weight is 340 g/mol. The van der Waals surface area contributed by atoms with Gasteiger partial charge >= 0.3 is 0 Å². The molecular formula is C19H20N2O4. The molecule has 1 N–H and O–H groups in total. The topological polar surface area (TPSA) is 73.6 Å². The van der Waals surface area contributed by atoms with Crippen molar-refractivity contribution in [3.63, 3.8) is 0 Å². The molecule has 0 aliphatic carbocycles. The second-order valence-corrected chi connectivity index (χ2v) is 5.57. The van der Waals surface area contributed by atoms with Crippen molar-refractivity contribution in [2.75, 3.05) is 18.5 Å². The van der Waals surface area contributed by atoms with Crippen LogP contribution >= 0.6 is 0 Å². The zero-order valence-electron chi connectivity index (χ0n) is 14.2. The second kappa shape index (κ2) is 7.70. The third-order valence-corrected chi connectivity index (χ3v) is 3.44. The van der Waals surface area contributed by atoms with E-state index < -0.39 is 0 Å². The Bertz CT molecular complexity index is 855. The van der Waals surface area contributed by atoms with E-state index in [0.29, 0.717) is 35.0 Å². The molecule has 0 saturated carbocycles.